The van der Waals surface area contributed by atoms with Crippen LogP contribution in [-0.2, 0) is 0 Å². The molecular weight excluding hydrogens is 312 g/mol. The molecule has 22 heavy (non-hydrogen) atoms. The van der Waals surface area contributed by atoms with Crippen molar-refractivity contribution in [3.05, 3.63) is 40.0 Å². The van der Waals surface area contributed by atoms with Crippen LogP contribution < -0.4 is 10.1 Å². The summed E-state index contributed by atoms with van der Waals surface area (Å²) in [5.74, 6) is -0.589. The lowest BCUT2D eigenvalue weighted by molar-refractivity contribution is -0.0529. The minimum atomic E-state index is -2.97. The Morgan fingerprint density at radius 1 is 1.50 bits per heavy atom. The van der Waals surface area contributed by atoms with Gasteiger partial charge in [0.2, 0.25) is 5.88 Å². The van der Waals surface area contributed by atoms with E-state index in [9.17, 15) is 13.6 Å². The maximum absolute atomic E-state index is 12.1. The largest absolute Gasteiger partial charge is 0.417 e. The van der Waals surface area contributed by atoms with Gasteiger partial charge in [-0.1, -0.05) is 6.92 Å². The molecule has 1 N–H and O–H groups in total. The fraction of sp³-hybridized carbons (Fsp3) is 0.357. The molecule has 0 saturated heterocycles. The Hall–Kier alpha value is -2.09. The van der Waals surface area contributed by atoms with Gasteiger partial charge in [-0.05, 0) is 13.0 Å². The molecule has 0 fully saturated rings. The van der Waals surface area contributed by atoms with Crippen LogP contribution in [0.5, 0.6) is 5.88 Å². The van der Waals surface area contributed by atoms with E-state index in [0.29, 0.717) is 6.54 Å². The average molecular weight is 327 g/mol. The fourth-order valence-electron chi connectivity index (χ4n) is 1.74. The Bertz CT molecular complexity index is 649. The van der Waals surface area contributed by atoms with Gasteiger partial charge in [-0.25, -0.2) is 9.97 Å². The molecule has 0 aliphatic carbocycles. The van der Waals surface area contributed by atoms with Gasteiger partial charge in [0.15, 0.2) is 0 Å². The summed E-state index contributed by atoms with van der Waals surface area (Å²) in [7, 11) is 0. The number of hydrogen-bond acceptors (Lipinski definition) is 5. The summed E-state index contributed by atoms with van der Waals surface area (Å²) in [4.78, 5) is 20.0. The molecule has 2 heterocycles. The predicted molar refractivity (Wildman–Crippen MR) is 78.5 cm³/mol. The van der Waals surface area contributed by atoms with Gasteiger partial charge in [-0.2, -0.15) is 8.78 Å². The van der Waals surface area contributed by atoms with Crippen molar-refractivity contribution >= 4 is 17.2 Å². The van der Waals surface area contributed by atoms with Crippen molar-refractivity contribution in [2.75, 3.05) is 6.54 Å². The molecule has 0 spiro atoms. The van der Waals surface area contributed by atoms with Crippen molar-refractivity contribution < 1.29 is 18.3 Å². The molecule has 0 aliphatic rings. The number of aromatic nitrogens is 2. The van der Waals surface area contributed by atoms with E-state index in [1.54, 1.807) is 0 Å². The second-order valence-corrected chi connectivity index (χ2v) is 5.59. The molecule has 2 aromatic rings. The van der Waals surface area contributed by atoms with Crippen LogP contribution in [0.3, 0.4) is 0 Å². The summed E-state index contributed by atoms with van der Waals surface area (Å²) in [6.45, 7) is 1.29. The maximum atomic E-state index is 12.1. The van der Waals surface area contributed by atoms with E-state index in [1.165, 1.54) is 29.7 Å². The molecule has 118 valence electrons. The van der Waals surface area contributed by atoms with Crippen LogP contribution in [0, 0.1) is 6.92 Å². The van der Waals surface area contributed by atoms with Crippen LogP contribution in [0.15, 0.2) is 23.7 Å². The molecule has 0 radical (unpaired) electrons. The summed E-state index contributed by atoms with van der Waals surface area (Å²) < 4.78 is 28.4. The highest BCUT2D eigenvalue weighted by Gasteiger charge is 2.14. The molecule has 1 amide bonds. The van der Waals surface area contributed by atoms with E-state index in [-0.39, 0.29) is 23.3 Å². The third kappa shape index (κ3) is 4.45. The first-order chi connectivity index (χ1) is 10.5. The van der Waals surface area contributed by atoms with E-state index in [4.69, 9.17) is 0 Å². The number of nitrogens with one attached hydrogen (secondary N) is 1. The lowest BCUT2D eigenvalue weighted by Crippen LogP contribution is -2.27. The number of aryl methyl sites for hydroxylation is 1. The SMILES string of the molecule is Cc1csc(C(C)CNC(=O)c2ccnc(OC(F)F)c2)n1. The van der Waals surface area contributed by atoms with Crippen molar-refractivity contribution in [1.29, 1.82) is 0 Å². The van der Waals surface area contributed by atoms with E-state index in [0.717, 1.165) is 10.7 Å². The second kappa shape index (κ2) is 7.26. The topological polar surface area (TPSA) is 64.1 Å². The zero-order chi connectivity index (χ0) is 16.1. The smallest absolute Gasteiger partial charge is 0.388 e. The summed E-state index contributed by atoms with van der Waals surface area (Å²) in [5.41, 5.74) is 1.16. The molecule has 8 heteroatoms. The highest BCUT2D eigenvalue weighted by atomic mass is 32.1. The minimum absolute atomic E-state index is 0.0706. The second-order valence-electron chi connectivity index (χ2n) is 4.70. The Balaban J connectivity index is 1.94. The van der Waals surface area contributed by atoms with E-state index >= 15 is 0 Å². The number of hydrogen-bond donors (Lipinski definition) is 1. The standard InChI is InChI=1S/C14H15F2N3O2S/c1-8(13-19-9(2)7-22-13)6-18-12(20)10-3-4-17-11(5-10)21-14(15)16/h3-5,7-8,14H,6H2,1-2H3,(H,18,20). The molecule has 2 aromatic heterocycles. The third-order valence-electron chi connectivity index (χ3n) is 2.83. The van der Waals surface area contributed by atoms with Crippen molar-refractivity contribution in [3.8, 4) is 5.88 Å². The molecule has 0 bridgehead atoms. The van der Waals surface area contributed by atoms with Gasteiger partial charge in [0, 0.05) is 41.4 Å². The number of thiazole rings is 1. The number of halogens is 2. The van der Waals surface area contributed by atoms with Crippen LogP contribution in [0.25, 0.3) is 0 Å². The Labute approximate surface area is 130 Å². The summed E-state index contributed by atoms with van der Waals surface area (Å²) in [5, 5.41) is 5.63. The Morgan fingerprint density at radius 3 is 2.91 bits per heavy atom. The number of nitrogens with zero attached hydrogens (tertiary/aromatic N) is 2. The van der Waals surface area contributed by atoms with Crippen molar-refractivity contribution in [3.63, 3.8) is 0 Å². The van der Waals surface area contributed by atoms with Crippen LogP contribution >= 0.6 is 11.3 Å². The first-order valence-corrected chi connectivity index (χ1v) is 7.44. The molecule has 0 aromatic carbocycles. The van der Waals surface area contributed by atoms with E-state index in [1.807, 2.05) is 19.2 Å². The van der Waals surface area contributed by atoms with Gasteiger partial charge in [-0.3, -0.25) is 4.79 Å². The summed E-state index contributed by atoms with van der Waals surface area (Å²) in [6.07, 6.45) is 1.25. The van der Waals surface area contributed by atoms with Crippen molar-refractivity contribution in [2.45, 2.75) is 26.4 Å². The number of ether oxygens (including phenoxy) is 1. The first-order valence-electron chi connectivity index (χ1n) is 6.57. The van der Waals surface area contributed by atoms with Crippen molar-refractivity contribution in [2.24, 2.45) is 0 Å². The lowest BCUT2D eigenvalue weighted by atomic mass is 10.2. The number of carbonyl (C=O) groups excluding carboxylic acids is 1. The number of pyridine rings is 1. The van der Waals surface area contributed by atoms with Crippen LogP contribution in [0.4, 0.5) is 8.78 Å². The quantitative estimate of drug-likeness (QED) is 0.886. The van der Waals surface area contributed by atoms with Crippen LogP contribution in [0.1, 0.15) is 33.9 Å². The zero-order valence-corrected chi connectivity index (χ0v) is 12.9. The lowest BCUT2D eigenvalue weighted by Gasteiger charge is -2.10. The monoisotopic (exact) mass is 327 g/mol. The maximum Gasteiger partial charge on any atom is 0.388 e. The molecule has 5 nitrogen and oxygen atoms in total. The first kappa shape index (κ1) is 16.3. The Kier molecular flexibility index (Phi) is 5.37. The van der Waals surface area contributed by atoms with Gasteiger partial charge in [0.05, 0.1) is 5.01 Å². The Morgan fingerprint density at radius 2 is 2.27 bits per heavy atom. The third-order valence-corrected chi connectivity index (χ3v) is 4.03. The highest BCUT2D eigenvalue weighted by molar-refractivity contribution is 7.09. The summed E-state index contributed by atoms with van der Waals surface area (Å²) >= 11 is 1.54. The van der Waals surface area contributed by atoms with Crippen LogP contribution in [-0.4, -0.2) is 29.0 Å². The number of rotatable bonds is 6. The van der Waals surface area contributed by atoms with Crippen molar-refractivity contribution in [1.82, 2.24) is 15.3 Å². The fourth-order valence-corrected chi connectivity index (χ4v) is 2.60. The number of alkyl halides is 2. The van der Waals surface area contributed by atoms with E-state index in [2.05, 4.69) is 20.0 Å². The van der Waals surface area contributed by atoms with E-state index < -0.39 is 6.61 Å². The molecule has 1 atom stereocenters. The van der Waals surface area contributed by atoms with Gasteiger partial charge < -0.3 is 10.1 Å². The molecule has 1 unspecified atom stereocenters. The van der Waals surface area contributed by atoms with Gasteiger partial charge in [0.25, 0.3) is 5.91 Å². The van der Waals surface area contributed by atoms with Gasteiger partial charge in [0.1, 0.15) is 0 Å². The number of amides is 1. The van der Waals surface area contributed by atoms with Crippen LogP contribution in [0.2, 0.25) is 0 Å². The molecule has 0 saturated carbocycles. The summed E-state index contributed by atoms with van der Waals surface area (Å²) in [6, 6.07) is 2.62. The molecule has 0 aliphatic heterocycles. The average Bonchev–Trinajstić information content (AvgIpc) is 2.90. The van der Waals surface area contributed by atoms with Gasteiger partial charge in [-0.15, -0.1) is 11.3 Å². The highest BCUT2D eigenvalue weighted by Crippen LogP contribution is 2.19. The number of carbonyl (C=O) groups is 1. The zero-order valence-electron chi connectivity index (χ0n) is 12.0. The van der Waals surface area contributed by atoms with Gasteiger partial charge >= 0.3 is 6.61 Å². The molecule has 2 rings (SSSR count). The normalized spacial score (nSPS) is 12.2. The predicted octanol–water partition coefficient (Wildman–Crippen LogP) is 2.98. The molecular formula is C14H15F2N3O2S. The minimum Gasteiger partial charge on any atom is -0.417 e.